The zero-order valence-electron chi connectivity index (χ0n) is 11.6. The summed E-state index contributed by atoms with van der Waals surface area (Å²) >= 11 is 0.674. The van der Waals surface area contributed by atoms with E-state index >= 15 is 0 Å². The molecule has 2 N–H and O–H groups in total. The number of carbonyl (C=O) groups excluding carboxylic acids is 2. The Bertz CT molecular complexity index is 431. The molecule has 0 rings (SSSR count). The highest BCUT2D eigenvalue weighted by Crippen LogP contribution is 2.35. The lowest BCUT2D eigenvalue weighted by molar-refractivity contribution is -0.145. The van der Waals surface area contributed by atoms with Gasteiger partial charge in [0.05, 0.1) is 12.4 Å². The third-order valence-electron chi connectivity index (χ3n) is 1.91. The number of ether oxygens (including phenoxy) is 2. The molecule has 8 nitrogen and oxygen atoms in total. The zero-order valence-corrected chi connectivity index (χ0v) is 13.3. The minimum atomic E-state index is -4.49. The fraction of sp³-hybridized carbons (Fsp3) is 0.636. The molecule has 0 atom stereocenters. The Balaban J connectivity index is 4.45. The lowest BCUT2D eigenvalue weighted by Crippen LogP contribution is -2.35. The van der Waals surface area contributed by atoms with Crippen LogP contribution in [0.4, 0.5) is 4.79 Å². The summed E-state index contributed by atoms with van der Waals surface area (Å²) in [5.41, 5.74) is 0. The first-order valence-electron chi connectivity index (χ1n) is 5.93. The van der Waals surface area contributed by atoms with Gasteiger partial charge in [-0.2, -0.15) is 0 Å². The van der Waals surface area contributed by atoms with Crippen LogP contribution >= 0.6 is 19.4 Å². The van der Waals surface area contributed by atoms with Crippen molar-refractivity contribution in [3.63, 3.8) is 0 Å². The second-order valence-corrected chi connectivity index (χ2v) is 6.22. The summed E-state index contributed by atoms with van der Waals surface area (Å²) in [7, 11) is -4.49. The highest BCUT2D eigenvalue weighted by molar-refractivity contribution is 8.13. The third kappa shape index (κ3) is 11.3. The van der Waals surface area contributed by atoms with Gasteiger partial charge in [0, 0.05) is 6.61 Å². The Morgan fingerprint density at radius 1 is 1.38 bits per heavy atom. The number of hydrogen-bond donors (Lipinski definition) is 2. The Labute approximate surface area is 127 Å². The number of nitrogens with zero attached hydrogens (tertiary/aromatic N) is 1. The average Bonchev–Trinajstić information content (AvgIpc) is 2.38. The van der Waals surface area contributed by atoms with E-state index in [4.69, 9.17) is 25.7 Å². The predicted octanol–water partition coefficient (Wildman–Crippen LogP) is 0.490. The smallest absolute Gasteiger partial charge is 0.344 e. The number of rotatable bonds is 9. The SMILES string of the molecule is C#CCSC(=O)N(CC(=O)OCCOCC)CP(=O)(O)O. The van der Waals surface area contributed by atoms with Crippen molar-refractivity contribution in [1.82, 2.24) is 4.90 Å². The van der Waals surface area contributed by atoms with E-state index in [0.717, 1.165) is 0 Å². The minimum absolute atomic E-state index is 0.00210. The molecule has 0 saturated heterocycles. The molecule has 0 aromatic rings. The van der Waals surface area contributed by atoms with E-state index in [2.05, 4.69) is 5.92 Å². The van der Waals surface area contributed by atoms with Crippen LogP contribution in [0, 0.1) is 12.3 Å². The number of thioether (sulfide) groups is 1. The molecule has 0 aromatic heterocycles. The maximum atomic E-state index is 11.7. The van der Waals surface area contributed by atoms with Crippen molar-refractivity contribution in [2.24, 2.45) is 0 Å². The molecular formula is C11H18NO7PS. The number of carbonyl (C=O) groups is 2. The molecule has 0 heterocycles. The van der Waals surface area contributed by atoms with E-state index in [-0.39, 0.29) is 19.0 Å². The van der Waals surface area contributed by atoms with Gasteiger partial charge in [0.25, 0.3) is 5.24 Å². The maximum Gasteiger partial charge on any atom is 0.344 e. The Hall–Kier alpha value is -1.04. The molecule has 0 unspecified atom stereocenters. The molecule has 21 heavy (non-hydrogen) atoms. The van der Waals surface area contributed by atoms with E-state index in [1.165, 1.54) is 0 Å². The van der Waals surface area contributed by atoms with Crippen molar-refractivity contribution in [2.45, 2.75) is 6.92 Å². The van der Waals surface area contributed by atoms with E-state index < -0.39 is 31.6 Å². The summed E-state index contributed by atoms with van der Waals surface area (Å²) in [6, 6.07) is 0. The first-order valence-corrected chi connectivity index (χ1v) is 8.71. The summed E-state index contributed by atoms with van der Waals surface area (Å²) in [6.45, 7) is 1.91. The standard InChI is InChI=1S/C11H18NO7PS/c1-3-7-21-11(14)12(9-20(15,16)17)8-10(13)19-6-5-18-4-2/h1H,4-9H2,2H3,(H2,15,16,17). The summed E-state index contributed by atoms with van der Waals surface area (Å²) in [6.07, 6.45) is 4.13. The van der Waals surface area contributed by atoms with Crippen molar-refractivity contribution < 1.29 is 33.4 Å². The molecule has 0 aliphatic rings. The fourth-order valence-electron chi connectivity index (χ4n) is 1.15. The van der Waals surface area contributed by atoms with E-state index in [0.29, 0.717) is 23.3 Å². The highest BCUT2D eigenvalue weighted by atomic mass is 32.2. The van der Waals surface area contributed by atoms with Gasteiger partial charge in [-0.3, -0.25) is 14.2 Å². The third-order valence-corrected chi connectivity index (χ3v) is 3.43. The fourth-order valence-corrected chi connectivity index (χ4v) is 2.44. The average molecular weight is 339 g/mol. The molecule has 0 aliphatic carbocycles. The van der Waals surface area contributed by atoms with Crippen LogP contribution in [-0.4, -0.2) is 64.3 Å². The lowest BCUT2D eigenvalue weighted by atomic mass is 10.6. The topological polar surface area (TPSA) is 113 Å². The van der Waals surface area contributed by atoms with Crippen molar-refractivity contribution in [3.05, 3.63) is 0 Å². The van der Waals surface area contributed by atoms with Gasteiger partial charge >= 0.3 is 13.6 Å². The monoisotopic (exact) mass is 339 g/mol. The molecule has 0 aromatic carbocycles. The zero-order chi connectivity index (χ0) is 16.3. The normalized spacial score (nSPS) is 10.8. The van der Waals surface area contributed by atoms with Crippen LogP contribution in [0.5, 0.6) is 0 Å². The molecule has 0 saturated carbocycles. The van der Waals surface area contributed by atoms with Crippen LogP contribution in [0.15, 0.2) is 0 Å². The van der Waals surface area contributed by atoms with Gasteiger partial charge in [0.1, 0.15) is 19.4 Å². The van der Waals surface area contributed by atoms with Gasteiger partial charge in [0.2, 0.25) is 0 Å². The Morgan fingerprint density at radius 2 is 2.05 bits per heavy atom. The molecule has 0 fully saturated rings. The minimum Gasteiger partial charge on any atom is -0.462 e. The lowest BCUT2D eigenvalue weighted by Gasteiger charge is -2.21. The molecule has 0 radical (unpaired) electrons. The van der Waals surface area contributed by atoms with E-state index in [9.17, 15) is 14.2 Å². The number of terminal acetylenes is 1. The molecule has 1 amide bonds. The van der Waals surface area contributed by atoms with Gasteiger partial charge in [-0.25, -0.2) is 0 Å². The highest BCUT2D eigenvalue weighted by Gasteiger charge is 2.26. The van der Waals surface area contributed by atoms with Crippen LogP contribution in [0.2, 0.25) is 0 Å². The van der Waals surface area contributed by atoms with Crippen molar-refractivity contribution >= 4 is 30.6 Å². The van der Waals surface area contributed by atoms with Crippen molar-refractivity contribution in [3.8, 4) is 12.3 Å². The van der Waals surface area contributed by atoms with Gasteiger partial charge < -0.3 is 24.2 Å². The summed E-state index contributed by atoms with van der Waals surface area (Å²) < 4.78 is 20.7. The van der Waals surface area contributed by atoms with Crippen LogP contribution < -0.4 is 0 Å². The first kappa shape index (κ1) is 20.0. The summed E-state index contributed by atoms with van der Waals surface area (Å²) in [5.74, 6) is 1.46. The largest absolute Gasteiger partial charge is 0.462 e. The second kappa shape index (κ2) is 10.7. The second-order valence-electron chi connectivity index (χ2n) is 3.68. The molecule has 120 valence electrons. The number of hydrogen-bond acceptors (Lipinski definition) is 6. The maximum absolute atomic E-state index is 11.7. The summed E-state index contributed by atoms with van der Waals surface area (Å²) in [4.78, 5) is 41.8. The van der Waals surface area contributed by atoms with E-state index in [1.807, 2.05) is 0 Å². The van der Waals surface area contributed by atoms with Gasteiger partial charge in [-0.15, -0.1) is 6.42 Å². The predicted molar refractivity (Wildman–Crippen MR) is 77.8 cm³/mol. The molecule has 0 bridgehead atoms. The number of esters is 1. The summed E-state index contributed by atoms with van der Waals surface area (Å²) in [5, 5.41) is -0.696. The van der Waals surface area contributed by atoms with Crippen molar-refractivity contribution in [2.75, 3.05) is 38.4 Å². The molecule has 10 heteroatoms. The van der Waals surface area contributed by atoms with Gasteiger partial charge in [-0.05, 0) is 6.92 Å². The van der Waals surface area contributed by atoms with Crippen LogP contribution in [0.25, 0.3) is 0 Å². The molecule has 0 aliphatic heterocycles. The van der Waals surface area contributed by atoms with Gasteiger partial charge in [0.15, 0.2) is 0 Å². The van der Waals surface area contributed by atoms with Crippen LogP contribution in [0.1, 0.15) is 6.92 Å². The van der Waals surface area contributed by atoms with Crippen molar-refractivity contribution in [1.29, 1.82) is 0 Å². The molecule has 0 spiro atoms. The number of amides is 1. The van der Waals surface area contributed by atoms with E-state index in [1.54, 1.807) is 6.92 Å². The quantitative estimate of drug-likeness (QED) is 0.270. The Kier molecular flexibility index (Phi) is 10.1. The van der Waals surface area contributed by atoms with Crippen LogP contribution in [-0.2, 0) is 18.8 Å². The molecular weight excluding hydrogens is 321 g/mol. The van der Waals surface area contributed by atoms with Crippen LogP contribution in [0.3, 0.4) is 0 Å². The Morgan fingerprint density at radius 3 is 2.57 bits per heavy atom. The first-order chi connectivity index (χ1) is 9.80. The van der Waals surface area contributed by atoms with Gasteiger partial charge in [-0.1, -0.05) is 17.7 Å².